The molecule has 4 aromatic rings. The van der Waals surface area contributed by atoms with E-state index in [1.165, 1.54) is 36.0 Å². The fraction of sp³-hybridized carbons (Fsp3) is 0.267. The fourth-order valence-corrected chi connectivity index (χ4v) is 4.42. The molecule has 1 saturated heterocycles. The lowest BCUT2D eigenvalue weighted by Gasteiger charge is -2.20. The number of carbonyl (C=O) groups is 1. The van der Waals surface area contributed by atoms with Crippen molar-refractivity contribution < 1.29 is 24.1 Å². The van der Waals surface area contributed by atoms with Crippen LogP contribution in [0.25, 0.3) is 0 Å². The average molecular weight is 578 g/mol. The number of aromatic nitrogens is 3. The minimum Gasteiger partial charge on any atom is -0.384 e. The number of aliphatic hydroxyl groups excluding tert-OH is 2. The minimum atomic E-state index is -1.47. The van der Waals surface area contributed by atoms with Gasteiger partial charge in [0.2, 0.25) is 0 Å². The molecule has 0 spiro atoms. The van der Waals surface area contributed by atoms with Crippen LogP contribution in [0, 0.1) is 17.1 Å². The van der Waals surface area contributed by atoms with Gasteiger partial charge < -0.3 is 19.8 Å². The summed E-state index contributed by atoms with van der Waals surface area (Å²) in [7, 11) is 1.69. The van der Waals surface area contributed by atoms with Crippen LogP contribution < -0.4 is 0 Å². The predicted octanol–water partition coefficient (Wildman–Crippen LogP) is 4.69. The Morgan fingerprint density at radius 1 is 1.15 bits per heavy atom. The Morgan fingerprint density at radius 2 is 1.88 bits per heavy atom. The number of hydrogen-bond acceptors (Lipinski definition) is 7. The van der Waals surface area contributed by atoms with Crippen LogP contribution in [-0.4, -0.2) is 49.0 Å². The van der Waals surface area contributed by atoms with Gasteiger partial charge in [-0.05, 0) is 54.8 Å². The summed E-state index contributed by atoms with van der Waals surface area (Å²) in [4.78, 5) is 18.0. The molecular weight excluding hydrogens is 549 g/mol. The monoisotopic (exact) mass is 577 g/mol. The largest absolute Gasteiger partial charge is 0.384 e. The van der Waals surface area contributed by atoms with Gasteiger partial charge in [0.15, 0.2) is 6.23 Å². The number of carbonyl (C=O) groups excluding carboxylic acids is 1. The lowest BCUT2D eigenvalue weighted by molar-refractivity contribution is 0.0118. The van der Waals surface area contributed by atoms with E-state index in [0.717, 1.165) is 29.2 Å². The summed E-state index contributed by atoms with van der Waals surface area (Å²) in [5, 5.41) is 34.6. The second-order valence-electron chi connectivity index (χ2n) is 9.39. The molecule has 2 aromatic carbocycles. The molecule has 2 aliphatic heterocycles. The standard InChI is InChI=1S/C20H16FN5O3.C6H5Cl.C4H8O/c1-25-9-13(8-24-25)18(27)12-4-15-17(16(21)5-12)20(29)26(19(15)28)10-14-3-2-11(6-22)7-23-14;7-6-4-2-1-3-5-6;1-2-4-5-3-1/h2-5,7-9,18,20,27,29H,10H2,1H3;1-5H;1-4H2. The maximum atomic E-state index is 14.7. The number of nitriles is 1. The fourth-order valence-electron chi connectivity index (χ4n) is 4.27. The highest BCUT2D eigenvalue weighted by Gasteiger charge is 2.39. The van der Waals surface area contributed by atoms with E-state index in [4.69, 9.17) is 21.6 Å². The summed E-state index contributed by atoms with van der Waals surface area (Å²) in [5.41, 5.74) is 1.31. The Hall–Kier alpha value is -4.14. The van der Waals surface area contributed by atoms with Gasteiger partial charge in [-0.1, -0.05) is 29.8 Å². The van der Waals surface area contributed by atoms with Crippen molar-refractivity contribution in [2.24, 2.45) is 7.05 Å². The summed E-state index contributed by atoms with van der Waals surface area (Å²) in [6.07, 6.45) is 4.32. The normalized spacial score (nSPS) is 16.1. The Labute approximate surface area is 242 Å². The van der Waals surface area contributed by atoms with E-state index >= 15 is 0 Å². The second kappa shape index (κ2) is 14.0. The molecule has 212 valence electrons. The maximum absolute atomic E-state index is 14.7. The molecule has 0 saturated carbocycles. The molecule has 9 nitrogen and oxygen atoms in total. The van der Waals surface area contributed by atoms with E-state index in [2.05, 4.69) is 10.1 Å². The first-order valence-corrected chi connectivity index (χ1v) is 13.3. The molecule has 0 bridgehead atoms. The van der Waals surface area contributed by atoms with E-state index in [9.17, 15) is 19.4 Å². The minimum absolute atomic E-state index is 0.0101. The summed E-state index contributed by atoms with van der Waals surface area (Å²) in [6.45, 7) is 1.94. The molecule has 1 fully saturated rings. The van der Waals surface area contributed by atoms with Crippen LogP contribution in [0.2, 0.25) is 5.02 Å². The Kier molecular flexibility index (Phi) is 10.2. The molecule has 2 aliphatic rings. The molecule has 4 heterocycles. The van der Waals surface area contributed by atoms with E-state index in [-0.39, 0.29) is 23.2 Å². The van der Waals surface area contributed by atoms with Gasteiger partial charge in [0.05, 0.1) is 29.6 Å². The number of benzene rings is 2. The Morgan fingerprint density at radius 3 is 2.39 bits per heavy atom. The van der Waals surface area contributed by atoms with E-state index in [1.807, 2.05) is 36.4 Å². The van der Waals surface area contributed by atoms with Gasteiger partial charge >= 0.3 is 0 Å². The third kappa shape index (κ3) is 7.54. The van der Waals surface area contributed by atoms with Crippen molar-refractivity contribution in [1.29, 1.82) is 5.26 Å². The number of rotatable bonds is 4. The number of ether oxygens (including phenoxy) is 1. The van der Waals surface area contributed by atoms with Gasteiger partial charge in [0, 0.05) is 48.8 Å². The smallest absolute Gasteiger partial charge is 0.257 e. The first-order chi connectivity index (χ1) is 19.8. The molecule has 2 unspecified atom stereocenters. The average Bonchev–Trinajstić information content (AvgIpc) is 3.75. The molecule has 2 N–H and O–H groups in total. The zero-order valence-electron chi connectivity index (χ0n) is 22.3. The Bertz CT molecular complexity index is 1500. The van der Waals surface area contributed by atoms with Crippen molar-refractivity contribution >= 4 is 17.5 Å². The molecule has 0 aliphatic carbocycles. The topological polar surface area (TPSA) is 125 Å². The molecular formula is C30H29ClFN5O4. The van der Waals surface area contributed by atoms with Crippen LogP contribution in [0.4, 0.5) is 4.39 Å². The van der Waals surface area contributed by atoms with E-state index in [0.29, 0.717) is 16.8 Å². The highest BCUT2D eigenvalue weighted by atomic mass is 35.5. The van der Waals surface area contributed by atoms with Gasteiger partial charge in [0.1, 0.15) is 18.0 Å². The van der Waals surface area contributed by atoms with Crippen LogP contribution in [0.5, 0.6) is 0 Å². The summed E-state index contributed by atoms with van der Waals surface area (Å²) in [6, 6.07) is 17.0. The van der Waals surface area contributed by atoms with E-state index < -0.39 is 24.1 Å². The van der Waals surface area contributed by atoms with Crippen molar-refractivity contribution in [3.8, 4) is 6.07 Å². The van der Waals surface area contributed by atoms with Crippen molar-refractivity contribution in [2.45, 2.75) is 31.7 Å². The van der Waals surface area contributed by atoms with E-state index in [1.54, 1.807) is 25.4 Å². The Balaban J connectivity index is 0.000000265. The summed E-state index contributed by atoms with van der Waals surface area (Å²) in [5.74, 6) is -1.35. The van der Waals surface area contributed by atoms with Crippen LogP contribution in [0.3, 0.4) is 0 Å². The lowest BCUT2D eigenvalue weighted by Crippen LogP contribution is -2.27. The number of aliphatic hydroxyl groups is 2. The van der Waals surface area contributed by atoms with Gasteiger partial charge in [0.25, 0.3) is 5.91 Å². The van der Waals surface area contributed by atoms with Gasteiger partial charge in [-0.25, -0.2) is 4.39 Å². The molecule has 1 amide bonds. The van der Waals surface area contributed by atoms with Crippen molar-refractivity contribution in [1.82, 2.24) is 19.7 Å². The van der Waals surface area contributed by atoms with Crippen molar-refractivity contribution in [3.63, 3.8) is 0 Å². The summed E-state index contributed by atoms with van der Waals surface area (Å²) < 4.78 is 21.2. The number of pyridine rings is 1. The number of amides is 1. The van der Waals surface area contributed by atoms with Crippen molar-refractivity contribution in [3.05, 3.63) is 118 Å². The van der Waals surface area contributed by atoms with Crippen LogP contribution in [-0.2, 0) is 18.3 Å². The second-order valence-corrected chi connectivity index (χ2v) is 9.82. The number of aryl methyl sites for hydroxylation is 1. The van der Waals surface area contributed by atoms with Crippen LogP contribution in [0.1, 0.15) is 63.5 Å². The molecule has 2 atom stereocenters. The van der Waals surface area contributed by atoms with Crippen LogP contribution in [0.15, 0.2) is 73.2 Å². The summed E-state index contributed by atoms with van der Waals surface area (Å²) >= 11 is 5.54. The third-order valence-corrected chi connectivity index (χ3v) is 6.65. The molecule has 0 radical (unpaired) electrons. The highest BCUT2D eigenvalue weighted by Crippen LogP contribution is 2.37. The van der Waals surface area contributed by atoms with Crippen molar-refractivity contribution in [2.75, 3.05) is 13.2 Å². The zero-order valence-corrected chi connectivity index (χ0v) is 23.1. The third-order valence-electron chi connectivity index (χ3n) is 6.40. The number of halogens is 2. The SMILES string of the molecule is C1CCOC1.Clc1ccccc1.Cn1cc(C(O)c2cc(F)c3c(c2)C(=O)N(Cc2ccc(C#N)cn2)C3O)cn1. The number of nitrogens with zero attached hydrogens (tertiary/aromatic N) is 5. The number of fused-ring (bicyclic) bond motifs is 1. The molecule has 2 aromatic heterocycles. The predicted molar refractivity (Wildman–Crippen MR) is 149 cm³/mol. The quantitative estimate of drug-likeness (QED) is 0.360. The first kappa shape index (κ1) is 29.8. The lowest BCUT2D eigenvalue weighted by atomic mass is 9.98. The highest BCUT2D eigenvalue weighted by molar-refractivity contribution is 6.30. The molecule has 6 rings (SSSR count). The van der Waals surface area contributed by atoms with Gasteiger partial charge in [-0.3, -0.25) is 14.5 Å². The first-order valence-electron chi connectivity index (χ1n) is 12.9. The van der Waals surface area contributed by atoms with Gasteiger partial charge in [-0.15, -0.1) is 0 Å². The maximum Gasteiger partial charge on any atom is 0.257 e. The zero-order chi connectivity index (χ0) is 29.4. The number of hydrogen-bond donors (Lipinski definition) is 2. The molecule has 41 heavy (non-hydrogen) atoms. The van der Waals surface area contributed by atoms with Crippen LogP contribution >= 0.6 is 11.6 Å². The molecule has 11 heteroatoms. The van der Waals surface area contributed by atoms with Gasteiger partial charge in [-0.2, -0.15) is 10.4 Å².